The highest BCUT2D eigenvalue weighted by Crippen LogP contribution is 2.28. The number of likely N-dealkylation sites (tertiary alicyclic amines) is 1. The van der Waals surface area contributed by atoms with Gasteiger partial charge >= 0.3 is 0 Å². The molecule has 29 heavy (non-hydrogen) atoms. The lowest BCUT2D eigenvalue weighted by molar-refractivity contribution is -0.139. The van der Waals surface area contributed by atoms with E-state index >= 15 is 0 Å². The number of piperazine rings is 1. The number of carbonyl (C=O) groups excluding carboxylic acids is 2. The molecule has 0 radical (unpaired) electrons. The van der Waals surface area contributed by atoms with Crippen LogP contribution in [0.2, 0.25) is 0 Å². The van der Waals surface area contributed by atoms with Gasteiger partial charge in [-0.1, -0.05) is 60.7 Å². The molecule has 1 N–H and O–H groups in total. The van der Waals surface area contributed by atoms with Crippen LogP contribution in [-0.4, -0.2) is 53.8 Å². The van der Waals surface area contributed by atoms with Crippen LogP contribution in [0.3, 0.4) is 0 Å². The molecule has 4 rings (SSSR count). The number of benzene rings is 2. The van der Waals surface area contributed by atoms with Crippen molar-refractivity contribution in [3.05, 3.63) is 71.8 Å². The SMILES string of the molecule is O=C1NCCN(Cc2ccccc2)C1CC(=O)N1CCC(c2ccccc2)CC1. The van der Waals surface area contributed by atoms with Crippen molar-refractivity contribution in [1.82, 2.24) is 15.1 Å². The minimum atomic E-state index is -0.386. The lowest BCUT2D eigenvalue weighted by Gasteiger charge is -2.37. The molecule has 2 aliphatic heterocycles. The lowest BCUT2D eigenvalue weighted by atomic mass is 9.89. The fraction of sp³-hybridized carbons (Fsp3) is 0.417. The Morgan fingerprint density at radius 2 is 1.59 bits per heavy atom. The van der Waals surface area contributed by atoms with Gasteiger partial charge in [0.05, 0.1) is 12.5 Å². The van der Waals surface area contributed by atoms with Gasteiger partial charge in [0.1, 0.15) is 0 Å². The fourth-order valence-electron chi connectivity index (χ4n) is 4.47. The van der Waals surface area contributed by atoms with Crippen molar-refractivity contribution in [2.75, 3.05) is 26.2 Å². The second kappa shape index (κ2) is 9.23. The van der Waals surface area contributed by atoms with Gasteiger partial charge in [0.25, 0.3) is 0 Å². The number of piperidine rings is 1. The first-order valence-electron chi connectivity index (χ1n) is 10.6. The summed E-state index contributed by atoms with van der Waals surface area (Å²) in [5.74, 6) is 0.587. The van der Waals surface area contributed by atoms with Crippen molar-refractivity contribution in [2.45, 2.75) is 37.8 Å². The zero-order chi connectivity index (χ0) is 20.1. The third-order valence-electron chi connectivity index (χ3n) is 6.16. The number of nitrogens with one attached hydrogen (secondary N) is 1. The zero-order valence-electron chi connectivity index (χ0n) is 16.8. The number of nitrogens with zero attached hydrogens (tertiary/aromatic N) is 2. The van der Waals surface area contributed by atoms with Gasteiger partial charge in [-0.05, 0) is 29.9 Å². The predicted molar refractivity (Wildman–Crippen MR) is 113 cm³/mol. The highest BCUT2D eigenvalue weighted by atomic mass is 16.2. The van der Waals surface area contributed by atoms with Gasteiger partial charge in [-0.3, -0.25) is 14.5 Å². The van der Waals surface area contributed by atoms with Crippen LogP contribution in [0.25, 0.3) is 0 Å². The Balaban J connectivity index is 1.35. The van der Waals surface area contributed by atoms with E-state index in [0.717, 1.165) is 32.5 Å². The lowest BCUT2D eigenvalue weighted by Crippen LogP contribution is -2.56. The molecule has 5 nitrogen and oxygen atoms in total. The van der Waals surface area contributed by atoms with Crippen LogP contribution >= 0.6 is 0 Å². The van der Waals surface area contributed by atoms with E-state index in [1.165, 1.54) is 11.1 Å². The molecule has 0 bridgehead atoms. The average molecular weight is 392 g/mol. The zero-order valence-corrected chi connectivity index (χ0v) is 16.8. The van der Waals surface area contributed by atoms with Crippen LogP contribution in [0.15, 0.2) is 60.7 Å². The Kier molecular flexibility index (Phi) is 6.25. The van der Waals surface area contributed by atoms with Crippen molar-refractivity contribution in [2.24, 2.45) is 0 Å². The molecule has 152 valence electrons. The summed E-state index contributed by atoms with van der Waals surface area (Å²) in [6, 6.07) is 20.3. The van der Waals surface area contributed by atoms with E-state index in [-0.39, 0.29) is 24.3 Å². The summed E-state index contributed by atoms with van der Waals surface area (Å²) in [5, 5.41) is 2.93. The smallest absolute Gasteiger partial charge is 0.237 e. The van der Waals surface area contributed by atoms with Crippen LogP contribution in [0.1, 0.15) is 36.3 Å². The Morgan fingerprint density at radius 1 is 0.931 bits per heavy atom. The van der Waals surface area contributed by atoms with Crippen LogP contribution in [0.4, 0.5) is 0 Å². The summed E-state index contributed by atoms with van der Waals surface area (Å²) >= 11 is 0. The maximum Gasteiger partial charge on any atom is 0.237 e. The van der Waals surface area contributed by atoms with Crippen molar-refractivity contribution in [3.63, 3.8) is 0 Å². The number of carbonyl (C=O) groups is 2. The first-order valence-corrected chi connectivity index (χ1v) is 10.6. The van der Waals surface area contributed by atoms with E-state index in [1.807, 2.05) is 29.2 Å². The van der Waals surface area contributed by atoms with Crippen molar-refractivity contribution >= 4 is 11.8 Å². The summed E-state index contributed by atoms with van der Waals surface area (Å²) in [7, 11) is 0. The van der Waals surface area contributed by atoms with Gasteiger partial charge in [0.15, 0.2) is 0 Å². The second-order valence-electron chi connectivity index (χ2n) is 8.03. The van der Waals surface area contributed by atoms with E-state index < -0.39 is 0 Å². The number of hydrogen-bond donors (Lipinski definition) is 1. The van der Waals surface area contributed by atoms with Crippen molar-refractivity contribution in [3.8, 4) is 0 Å². The van der Waals surface area contributed by atoms with Gasteiger partial charge in [0.2, 0.25) is 11.8 Å². The minimum absolute atomic E-state index is 0.0281. The molecule has 0 spiro atoms. The third-order valence-corrected chi connectivity index (χ3v) is 6.16. The van der Waals surface area contributed by atoms with Crippen LogP contribution in [0, 0.1) is 0 Å². The highest BCUT2D eigenvalue weighted by Gasteiger charge is 2.34. The molecular weight excluding hydrogens is 362 g/mol. The summed E-state index contributed by atoms with van der Waals surface area (Å²) in [6.07, 6.45) is 2.23. The Morgan fingerprint density at radius 3 is 2.28 bits per heavy atom. The Hall–Kier alpha value is -2.66. The predicted octanol–water partition coefficient (Wildman–Crippen LogP) is 2.78. The maximum atomic E-state index is 13.0. The molecule has 0 saturated carbocycles. The van der Waals surface area contributed by atoms with E-state index in [2.05, 4.69) is 46.6 Å². The molecule has 1 atom stereocenters. The molecule has 0 aromatic heterocycles. The fourth-order valence-corrected chi connectivity index (χ4v) is 4.47. The van der Waals surface area contributed by atoms with E-state index in [1.54, 1.807) is 0 Å². The summed E-state index contributed by atoms with van der Waals surface area (Å²) < 4.78 is 0. The van der Waals surface area contributed by atoms with Crippen LogP contribution < -0.4 is 5.32 Å². The third kappa shape index (κ3) is 4.85. The molecule has 2 fully saturated rings. The summed E-state index contributed by atoms with van der Waals surface area (Å²) in [4.78, 5) is 29.6. The van der Waals surface area contributed by atoms with Crippen molar-refractivity contribution in [1.29, 1.82) is 0 Å². The monoisotopic (exact) mass is 391 g/mol. The molecule has 2 amide bonds. The van der Waals surface area contributed by atoms with Gasteiger partial charge in [-0.15, -0.1) is 0 Å². The molecule has 2 aromatic carbocycles. The molecule has 2 saturated heterocycles. The van der Waals surface area contributed by atoms with E-state index in [4.69, 9.17) is 0 Å². The molecular formula is C24H29N3O2. The highest BCUT2D eigenvalue weighted by molar-refractivity contribution is 5.88. The number of rotatable bonds is 5. The summed E-state index contributed by atoms with van der Waals surface area (Å²) in [6.45, 7) is 3.65. The normalized spacial score (nSPS) is 21.0. The molecule has 5 heteroatoms. The minimum Gasteiger partial charge on any atom is -0.353 e. The largest absolute Gasteiger partial charge is 0.353 e. The van der Waals surface area contributed by atoms with E-state index in [9.17, 15) is 9.59 Å². The molecule has 2 heterocycles. The maximum absolute atomic E-state index is 13.0. The average Bonchev–Trinajstić information content (AvgIpc) is 2.77. The Bertz CT molecular complexity index is 817. The summed E-state index contributed by atoms with van der Waals surface area (Å²) in [5.41, 5.74) is 2.53. The van der Waals surface area contributed by atoms with Gasteiger partial charge in [-0.25, -0.2) is 0 Å². The molecule has 1 unspecified atom stereocenters. The van der Waals surface area contributed by atoms with Gasteiger partial charge in [-0.2, -0.15) is 0 Å². The quantitative estimate of drug-likeness (QED) is 0.853. The molecule has 2 aliphatic rings. The van der Waals surface area contributed by atoms with Gasteiger partial charge in [0, 0.05) is 32.7 Å². The first-order chi connectivity index (χ1) is 14.2. The first kappa shape index (κ1) is 19.6. The second-order valence-corrected chi connectivity index (χ2v) is 8.03. The van der Waals surface area contributed by atoms with Crippen LogP contribution in [-0.2, 0) is 16.1 Å². The Labute approximate surface area is 172 Å². The van der Waals surface area contributed by atoms with Crippen molar-refractivity contribution < 1.29 is 9.59 Å². The topological polar surface area (TPSA) is 52.7 Å². The molecule has 0 aliphatic carbocycles. The molecule has 2 aromatic rings. The van der Waals surface area contributed by atoms with Crippen LogP contribution in [0.5, 0.6) is 0 Å². The number of amides is 2. The standard InChI is InChI=1S/C24H29N3O2/c28-23(26-14-11-21(12-15-26)20-9-5-2-6-10-20)17-22-24(29)25-13-16-27(22)18-19-7-3-1-4-8-19/h1-10,21-22H,11-18H2,(H,25,29). The van der Waals surface area contributed by atoms with E-state index in [0.29, 0.717) is 19.0 Å². The number of hydrogen-bond acceptors (Lipinski definition) is 3. The van der Waals surface area contributed by atoms with Gasteiger partial charge < -0.3 is 10.2 Å².